The van der Waals surface area contributed by atoms with Crippen LogP contribution in [0.5, 0.6) is 0 Å². The molecule has 12 heavy (non-hydrogen) atoms. The summed E-state index contributed by atoms with van der Waals surface area (Å²) in [6.07, 6.45) is 5.23. The topological polar surface area (TPSA) is 17.1 Å². The van der Waals surface area contributed by atoms with Crippen molar-refractivity contribution in [1.82, 2.24) is 0 Å². The largest absolute Gasteiger partial charge is 0.300 e. The monoisotopic (exact) mass is 168 g/mol. The van der Waals surface area contributed by atoms with Crippen LogP contribution in [0.2, 0.25) is 0 Å². The molecule has 1 aliphatic carbocycles. The fraction of sp³-hybridized carbons (Fsp3) is 0.909. The standard InChI is InChI=1S/C11H20O/c1-8(2)11(9(3)12)10-6-4-5-7-10/h8,10-11H,4-7H2,1-3H3. The third-order valence-corrected chi connectivity index (χ3v) is 3.10. The SMILES string of the molecule is CC(=O)C(C(C)C)C1CCCC1. The molecule has 1 aliphatic rings. The Morgan fingerprint density at radius 3 is 2.08 bits per heavy atom. The number of Topliss-reactive ketones (excluding diaryl/α,β-unsaturated/α-hetero) is 1. The second-order valence-corrected chi connectivity index (χ2v) is 4.42. The summed E-state index contributed by atoms with van der Waals surface area (Å²) in [5.74, 6) is 1.97. The van der Waals surface area contributed by atoms with Crippen LogP contribution in [-0.4, -0.2) is 5.78 Å². The lowest BCUT2D eigenvalue weighted by molar-refractivity contribution is -0.123. The lowest BCUT2D eigenvalue weighted by Crippen LogP contribution is -2.25. The number of rotatable bonds is 3. The Morgan fingerprint density at radius 1 is 1.25 bits per heavy atom. The molecule has 1 nitrogen and oxygen atoms in total. The quantitative estimate of drug-likeness (QED) is 0.633. The average molecular weight is 168 g/mol. The van der Waals surface area contributed by atoms with Crippen LogP contribution in [0.15, 0.2) is 0 Å². The molecule has 1 saturated carbocycles. The van der Waals surface area contributed by atoms with Crippen molar-refractivity contribution >= 4 is 5.78 Å². The predicted molar refractivity (Wildman–Crippen MR) is 51.0 cm³/mol. The van der Waals surface area contributed by atoms with Crippen LogP contribution in [0.3, 0.4) is 0 Å². The maximum absolute atomic E-state index is 11.4. The van der Waals surface area contributed by atoms with Gasteiger partial charge in [-0.3, -0.25) is 4.79 Å². The summed E-state index contributed by atoms with van der Waals surface area (Å²) in [5, 5.41) is 0. The molecule has 1 heteroatoms. The van der Waals surface area contributed by atoms with Gasteiger partial charge in [0.1, 0.15) is 5.78 Å². The first-order valence-electron chi connectivity index (χ1n) is 5.13. The summed E-state index contributed by atoms with van der Waals surface area (Å²) in [4.78, 5) is 11.4. The first-order chi connectivity index (χ1) is 5.63. The molecule has 0 aromatic carbocycles. The summed E-state index contributed by atoms with van der Waals surface area (Å²) in [5.41, 5.74) is 0. The molecular weight excluding hydrogens is 148 g/mol. The fourth-order valence-electron chi connectivity index (χ4n) is 2.66. The first-order valence-corrected chi connectivity index (χ1v) is 5.13. The molecule has 0 aromatic heterocycles. The fourth-order valence-corrected chi connectivity index (χ4v) is 2.66. The van der Waals surface area contributed by atoms with Gasteiger partial charge in [0.05, 0.1) is 0 Å². The Labute approximate surface area is 75.5 Å². The Hall–Kier alpha value is -0.330. The van der Waals surface area contributed by atoms with Crippen LogP contribution in [0.1, 0.15) is 46.5 Å². The summed E-state index contributed by atoms with van der Waals surface area (Å²) in [6.45, 7) is 6.10. The van der Waals surface area contributed by atoms with Crippen molar-refractivity contribution in [2.24, 2.45) is 17.8 Å². The highest BCUT2D eigenvalue weighted by atomic mass is 16.1. The van der Waals surface area contributed by atoms with Gasteiger partial charge in [-0.15, -0.1) is 0 Å². The zero-order valence-corrected chi connectivity index (χ0v) is 8.47. The van der Waals surface area contributed by atoms with Crippen molar-refractivity contribution in [2.75, 3.05) is 0 Å². The van der Waals surface area contributed by atoms with Crippen LogP contribution < -0.4 is 0 Å². The van der Waals surface area contributed by atoms with Crippen molar-refractivity contribution in [3.8, 4) is 0 Å². The zero-order valence-electron chi connectivity index (χ0n) is 8.47. The third kappa shape index (κ3) is 2.09. The highest BCUT2D eigenvalue weighted by molar-refractivity contribution is 5.78. The molecule has 70 valence electrons. The van der Waals surface area contributed by atoms with Crippen molar-refractivity contribution in [1.29, 1.82) is 0 Å². The lowest BCUT2D eigenvalue weighted by Gasteiger charge is -2.24. The number of hydrogen-bond acceptors (Lipinski definition) is 1. The molecular formula is C11H20O. The van der Waals surface area contributed by atoms with Crippen LogP contribution >= 0.6 is 0 Å². The maximum Gasteiger partial charge on any atom is 0.133 e. The van der Waals surface area contributed by atoms with Gasteiger partial charge in [-0.2, -0.15) is 0 Å². The molecule has 0 aromatic rings. The lowest BCUT2D eigenvalue weighted by atomic mass is 9.80. The Balaban J connectivity index is 2.58. The highest BCUT2D eigenvalue weighted by Crippen LogP contribution is 2.35. The predicted octanol–water partition coefficient (Wildman–Crippen LogP) is 3.04. The average Bonchev–Trinajstić information content (AvgIpc) is 2.37. The van der Waals surface area contributed by atoms with E-state index in [-0.39, 0.29) is 0 Å². The maximum atomic E-state index is 11.4. The van der Waals surface area contributed by atoms with E-state index in [1.165, 1.54) is 25.7 Å². The Morgan fingerprint density at radius 2 is 1.75 bits per heavy atom. The van der Waals surface area contributed by atoms with Gasteiger partial charge in [0.15, 0.2) is 0 Å². The van der Waals surface area contributed by atoms with E-state index in [1.807, 2.05) is 0 Å². The van der Waals surface area contributed by atoms with Gasteiger partial charge >= 0.3 is 0 Å². The normalized spacial score (nSPS) is 21.7. The van der Waals surface area contributed by atoms with Gasteiger partial charge < -0.3 is 0 Å². The van der Waals surface area contributed by atoms with Gasteiger partial charge in [0, 0.05) is 5.92 Å². The number of carbonyl (C=O) groups excluding carboxylic acids is 1. The number of hydrogen-bond donors (Lipinski definition) is 0. The summed E-state index contributed by atoms with van der Waals surface area (Å²) >= 11 is 0. The first kappa shape index (κ1) is 9.76. The zero-order chi connectivity index (χ0) is 9.14. The second kappa shape index (κ2) is 4.06. The molecule has 1 atom stereocenters. The Kier molecular flexibility index (Phi) is 3.30. The van der Waals surface area contributed by atoms with E-state index in [0.717, 1.165) is 0 Å². The minimum absolute atomic E-state index is 0.340. The highest BCUT2D eigenvalue weighted by Gasteiger charge is 2.30. The van der Waals surface area contributed by atoms with Crippen molar-refractivity contribution in [3.05, 3.63) is 0 Å². The van der Waals surface area contributed by atoms with E-state index in [1.54, 1.807) is 6.92 Å². The summed E-state index contributed by atoms with van der Waals surface area (Å²) in [7, 11) is 0. The van der Waals surface area contributed by atoms with Gasteiger partial charge in [-0.25, -0.2) is 0 Å². The molecule has 1 rings (SSSR count). The summed E-state index contributed by atoms with van der Waals surface area (Å²) in [6, 6.07) is 0. The van der Waals surface area contributed by atoms with Crippen molar-refractivity contribution in [2.45, 2.75) is 46.5 Å². The molecule has 1 fully saturated rings. The summed E-state index contributed by atoms with van der Waals surface area (Å²) < 4.78 is 0. The van der Waals surface area contributed by atoms with E-state index >= 15 is 0 Å². The Bertz CT molecular complexity index is 154. The minimum Gasteiger partial charge on any atom is -0.300 e. The van der Waals surface area contributed by atoms with Crippen LogP contribution in [-0.2, 0) is 4.79 Å². The number of ketones is 1. The van der Waals surface area contributed by atoms with Crippen molar-refractivity contribution in [3.63, 3.8) is 0 Å². The molecule has 0 bridgehead atoms. The smallest absolute Gasteiger partial charge is 0.133 e. The molecule has 0 heterocycles. The molecule has 1 unspecified atom stereocenters. The van der Waals surface area contributed by atoms with Crippen LogP contribution in [0.25, 0.3) is 0 Å². The molecule has 0 aliphatic heterocycles. The van der Waals surface area contributed by atoms with E-state index in [0.29, 0.717) is 23.5 Å². The molecule has 0 N–H and O–H groups in total. The second-order valence-electron chi connectivity index (χ2n) is 4.42. The molecule has 0 radical (unpaired) electrons. The van der Waals surface area contributed by atoms with Gasteiger partial charge in [-0.1, -0.05) is 26.7 Å². The third-order valence-electron chi connectivity index (χ3n) is 3.10. The molecule has 0 amide bonds. The van der Waals surface area contributed by atoms with Crippen LogP contribution in [0.4, 0.5) is 0 Å². The van der Waals surface area contributed by atoms with Crippen LogP contribution in [0, 0.1) is 17.8 Å². The molecule has 0 spiro atoms. The van der Waals surface area contributed by atoms with E-state index in [9.17, 15) is 4.79 Å². The minimum atomic E-state index is 0.340. The van der Waals surface area contributed by atoms with Gasteiger partial charge in [0.25, 0.3) is 0 Å². The van der Waals surface area contributed by atoms with E-state index in [4.69, 9.17) is 0 Å². The van der Waals surface area contributed by atoms with E-state index in [2.05, 4.69) is 13.8 Å². The van der Waals surface area contributed by atoms with Crippen molar-refractivity contribution < 1.29 is 4.79 Å². The van der Waals surface area contributed by atoms with E-state index < -0.39 is 0 Å². The number of carbonyl (C=O) groups is 1. The van der Waals surface area contributed by atoms with Gasteiger partial charge in [-0.05, 0) is 31.6 Å². The molecule has 0 saturated heterocycles. The van der Waals surface area contributed by atoms with Gasteiger partial charge in [0.2, 0.25) is 0 Å².